The molecule has 0 fully saturated rings. The fraction of sp³-hybridized carbons (Fsp3) is 0.438. The molecule has 0 radical (unpaired) electrons. The summed E-state index contributed by atoms with van der Waals surface area (Å²) < 4.78 is 10.3. The maximum absolute atomic E-state index is 11.6. The second-order valence-electron chi connectivity index (χ2n) is 4.80. The van der Waals surface area contributed by atoms with Gasteiger partial charge < -0.3 is 14.4 Å². The van der Waals surface area contributed by atoms with E-state index < -0.39 is 5.97 Å². The summed E-state index contributed by atoms with van der Waals surface area (Å²) in [6.07, 6.45) is 0.323. The zero-order chi connectivity index (χ0) is 16.4. The molecule has 0 bridgehead atoms. The highest BCUT2D eigenvalue weighted by atomic mass is 16.5. The molecule has 6 heteroatoms. The first-order valence-corrected chi connectivity index (χ1v) is 6.99. The van der Waals surface area contributed by atoms with E-state index in [2.05, 4.69) is 0 Å². The molecule has 22 heavy (non-hydrogen) atoms. The number of nitrogens with zero attached hydrogens (tertiary/aromatic N) is 2. The molecule has 0 spiro atoms. The molecule has 0 saturated heterocycles. The topological polar surface area (TPSA) is 79.6 Å². The third-order valence-corrected chi connectivity index (χ3v) is 2.94. The maximum atomic E-state index is 11.6. The van der Waals surface area contributed by atoms with Gasteiger partial charge >= 0.3 is 5.97 Å². The van der Waals surface area contributed by atoms with Crippen molar-refractivity contribution in [2.75, 3.05) is 26.8 Å². The first kappa shape index (κ1) is 17.5. The fourth-order valence-corrected chi connectivity index (χ4v) is 1.55. The minimum Gasteiger partial charge on any atom is -0.493 e. The van der Waals surface area contributed by atoms with Crippen LogP contribution in [0.25, 0.3) is 0 Å². The average Bonchev–Trinajstić information content (AvgIpc) is 2.52. The molecule has 6 nitrogen and oxygen atoms in total. The van der Waals surface area contributed by atoms with Gasteiger partial charge in [0.25, 0.3) is 5.91 Å². The van der Waals surface area contributed by atoms with Crippen LogP contribution in [-0.4, -0.2) is 43.6 Å². The van der Waals surface area contributed by atoms with E-state index in [4.69, 9.17) is 14.7 Å². The summed E-state index contributed by atoms with van der Waals surface area (Å²) in [5.41, 5.74) is 1.13. The number of amides is 1. The van der Waals surface area contributed by atoms with Crippen LogP contribution in [0, 0.1) is 18.3 Å². The highest BCUT2D eigenvalue weighted by Gasteiger charge is 2.11. The number of benzene rings is 1. The lowest BCUT2D eigenvalue weighted by molar-refractivity contribution is -0.151. The molecular formula is C16H20N2O4. The number of hydrogen-bond donors (Lipinski definition) is 0. The van der Waals surface area contributed by atoms with Crippen molar-refractivity contribution in [1.82, 2.24) is 4.90 Å². The number of carbonyl (C=O) groups is 2. The SMILES string of the molecule is Cc1ccc(OCCC(=O)OCC(=O)N(C)CCC#N)cc1. The molecule has 0 saturated carbocycles. The van der Waals surface area contributed by atoms with Gasteiger partial charge in [0, 0.05) is 13.6 Å². The first-order chi connectivity index (χ1) is 10.5. The van der Waals surface area contributed by atoms with Gasteiger partial charge in [-0.2, -0.15) is 5.26 Å². The predicted molar refractivity (Wildman–Crippen MR) is 80.1 cm³/mol. The number of carbonyl (C=O) groups excluding carboxylic acids is 2. The van der Waals surface area contributed by atoms with Crippen molar-refractivity contribution in [2.24, 2.45) is 0 Å². The number of hydrogen-bond acceptors (Lipinski definition) is 5. The number of likely N-dealkylation sites (N-methyl/N-ethyl adjacent to an activating group) is 1. The Morgan fingerprint density at radius 3 is 2.59 bits per heavy atom. The van der Waals surface area contributed by atoms with Gasteiger partial charge in [0.05, 0.1) is 25.5 Å². The molecule has 1 aromatic rings. The van der Waals surface area contributed by atoms with Crippen LogP contribution in [0.5, 0.6) is 5.75 Å². The smallest absolute Gasteiger partial charge is 0.309 e. The quantitative estimate of drug-likeness (QED) is 0.683. The Morgan fingerprint density at radius 1 is 1.27 bits per heavy atom. The molecule has 0 aromatic heterocycles. The van der Waals surface area contributed by atoms with Gasteiger partial charge in [-0.3, -0.25) is 9.59 Å². The summed E-state index contributed by atoms with van der Waals surface area (Å²) in [5.74, 6) is -0.136. The fourth-order valence-electron chi connectivity index (χ4n) is 1.55. The molecule has 1 amide bonds. The van der Waals surface area contributed by atoms with Crippen LogP contribution in [0.15, 0.2) is 24.3 Å². The Hall–Kier alpha value is -2.55. The Morgan fingerprint density at radius 2 is 1.95 bits per heavy atom. The molecule has 0 aliphatic rings. The Labute approximate surface area is 130 Å². The van der Waals surface area contributed by atoms with Crippen molar-refractivity contribution in [1.29, 1.82) is 5.26 Å². The molecule has 0 N–H and O–H groups in total. The lowest BCUT2D eigenvalue weighted by Gasteiger charge is -2.15. The largest absolute Gasteiger partial charge is 0.493 e. The number of ether oxygens (including phenoxy) is 2. The lowest BCUT2D eigenvalue weighted by Crippen LogP contribution is -2.32. The average molecular weight is 304 g/mol. The predicted octanol–water partition coefficient (Wildman–Crippen LogP) is 1.68. The molecule has 118 valence electrons. The van der Waals surface area contributed by atoms with Crippen molar-refractivity contribution in [2.45, 2.75) is 19.8 Å². The molecule has 1 aromatic carbocycles. The van der Waals surface area contributed by atoms with Crippen molar-refractivity contribution in [3.63, 3.8) is 0 Å². The third kappa shape index (κ3) is 6.75. The van der Waals surface area contributed by atoms with E-state index >= 15 is 0 Å². The van der Waals surface area contributed by atoms with Crippen molar-refractivity contribution >= 4 is 11.9 Å². The van der Waals surface area contributed by atoms with Crippen molar-refractivity contribution in [3.05, 3.63) is 29.8 Å². The van der Waals surface area contributed by atoms with Crippen LogP contribution < -0.4 is 4.74 Å². The summed E-state index contributed by atoms with van der Waals surface area (Å²) in [5, 5.41) is 8.43. The van der Waals surface area contributed by atoms with Crippen LogP contribution in [0.2, 0.25) is 0 Å². The number of rotatable bonds is 8. The number of nitriles is 1. The third-order valence-electron chi connectivity index (χ3n) is 2.94. The van der Waals surface area contributed by atoms with Gasteiger partial charge in [-0.15, -0.1) is 0 Å². The van der Waals surface area contributed by atoms with E-state index in [0.29, 0.717) is 12.3 Å². The molecule has 0 unspecified atom stereocenters. The first-order valence-electron chi connectivity index (χ1n) is 6.99. The maximum Gasteiger partial charge on any atom is 0.309 e. The molecule has 1 rings (SSSR count). The van der Waals surface area contributed by atoms with E-state index in [9.17, 15) is 9.59 Å². The normalized spacial score (nSPS) is 9.68. The summed E-state index contributed by atoms with van der Waals surface area (Å²) in [6.45, 7) is 2.18. The van der Waals surface area contributed by atoms with Crippen molar-refractivity contribution < 1.29 is 19.1 Å². The van der Waals surface area contributed by atoms with Gasteiger partial charge in [-0.25, -0.2) is 0 Å². The zero-order valence-corrected chi connectivity index (χ0v) is 12.9. The lowest BCUT2D eigenvalue weighted by atomic mass is 10.2. The van der Waals surface area contributed by atoms with Gasteiger partial charge in [-0.05, 0) is 19.1 Å². The van der Waals surface area contributed by atoms with Crippen LogP contribution in [0.1, 0.15) is 18.4 Å². The van der Waals surface area contributed by atoms with E-state index in [1.807, 2.05) is 37.3 Å². The minimum absolute atomic E-state index is 0.0725. The Balaban J connectivity index is 2.19. The van der Waals surface area contributed by atoms with Crippen LogP contribution in [0.3, 0.4) is 0 Å². The van der Waals surface area contributed by atoms with Crippen LogP contribution in [-0.2, 0) is 14.3 Å². The Bertz CT molecular complexity index is 534. The number of esters is 1. The second kappa shape index (κ2) is 9.40. The standard InChI is InChI=1S/C16H20N2O4/c1-13-4-6-14(7-5-13)21-11-8-16(20)22-12-15(19)18(2)10-3-9-17/h4-7H,3,8,10-12H2,1-2H3. The van der Waals surface area contributed by atoms with Crippen LogP contribution in [0.4, 0.5) is 0 Å². The highest BCUT2D eigenvalue weighted by Crippen LogP contribution is 2.11. The van der Waals surface area contributed by atoms with E-state index in [0.717, 1.165) is 5.56 Å². The van der Waals surface area contributed by atoms with Crippen LogP contribution >= 0.6 is 0 Å². The van der Waals surface area contributed by atoms with Gasteiger partial charge in [0.2, 0.25) is 0 Å². The van der Waals surface area contributed by atoms with E-state index in [1.54, 1.807) is 7.05 Å². The second-order valence-corrected chi connectivity index (χ2v) is 4.80. The Kier molecular flexibility index (Phi) is 7.48. The summed E-state index contributed by atoms with van der Waals surface area (Å²) in [4.78, 5) is 24.5. The molecular weight excluding hydrogens is 284 g/mol. The van der Waals surface area contributed by atoms with Gasteiger partial charge in [-0.1, -0.05) is 17.7 Å². The molecule has 0 aliphatic heterocycles. The van der Waals surface area contributed by atoms with E-state index in [1.165, 1.54) is 4.90 Å². The summed E-state index contributed by atoms with van der Waals surface area (Å²) >= 11 is 0. The molecule has 0 aliphatic carbocycles. The summed E-state index contributed by atoms with van der Waals surface area (Å²) in [7, 11) is 1.56. The van der Waals surface area contributed by atoms with E-state index in [-0.39, 0.29) is 32.0 Å². The molecule has 0 heterocycles. The van der Waals surface area contributed by atoms with Crippen molar-refractivity contribution in [3.8, 4) is 11.8 Å². The molecule has 0 atom stereocenters. The zero-order valence-electron chi connectivity index (χ0n) is 12.9. The summed E-state index contributed by atoms with van der Waals surface area (Å²) in [6, 6.07) is 9.44. The van der Waals surface area contributed by atoms with Gasteiger partial charge in [0.1, 0.15) is 5.75 Å². The van der Waals surface area contributed by atoms with Gasteiger partial charge in [0.15, 0.2) is 6.61 Å². The highest BCUT2D eigenvalue weighted by molar-refractivity contribution is 5.80. The minimum atomic E-state index is -0.492. The monoisotopic (exact) mass is 304 g/mol. The number of aryl methyl sites for hydroxylation is 1.